The molecule has 0 saturated heterocycles. The molecule has 16 heavy (non-hydrogen) atoms. The first-order valence-electron chi connectivity index (χ1n) is 5.50. The molecular weight excluding hydrogens is 268 g/mol. The Balaban J connectivity index is 3.26. The van der Waals surface area contributed by atoms with Crippen LogP contribution in [0.2, 0.25) is 0 Å². The highest BCUT2D eigenvalue weighted by Crippen LogP contribution is 2.33. The van der Waals surface area contributed by atoms with Gasteiger partial charge in [-0.15, -0.1) is 0 Å². The third-order valence-electron chi connectivity index (χ3n) is 2.51. The lowest BCUT2D eigenvalue weighted by molar-refractivity contribution is 0.195. The summed E-state index contributed by atoms with van der Waals surface area (Å²) in [6.07, 6.45) is 0.319. The number of hydrogen-bond acceptors (Lipinski definition) is 2. The van der Waals surface area contributed by atoms with Gasteiger partial charge in [-0.25, -0.2) is 0 Å². The Hall–Kier alpha value is -0.540. The molecular formula is C13H19BrO2. The van der Waals surface area contributed by atoms with Gasteiger partial charge in [-0.2, -0.15) is 0 Å². The lowest BCUT2D eigenvalue weighted by Gasteiger charge is -2.18. The van der Waals surface area contributed by atoms with Gasteiger partial charge in [0.25, 0.3) is 0 Å². The first kappa shape index (κ1) is 13.5. The summed E-state index contributed by atoms with van der Waals surface area (Å²) in [5.41, 5.74) is 2.34. The summed E-state index contributed by atoms with van der Waals surface area (Å²) in [4.78, 5) is 0. The van der Waals surface area contributed by atoms with Gasteiger partial charge in [0.05, 0.1) is 13.2 Å². The second kappa shape index (κ2) is 5.69. The van der Waals surface area contributed by atoms with E-state index >= 15 is 0 Å². The van der Waals surface area contributed by atoms with E-state index in [4.69, 9.17) is 4.74 Å². The molecule has 0 aliphatic heterocycles. The van der Waals surface area contributed by atoms with Crippen molar-refractivity contribution >= 4 is 15.9 Å². The number of aliphatic hydroxyl groups is 1. The van der Waals surface area contributed by atoms with E-state index < -0.39 is 0 Å². The molecule has 1 aromatic carbocycles. The summed E-state index contributed by atoms with van der Waals surface area (Å²) >= 11 is 3.47. The van der Waals surface area contributed by atoms with Crippen molar-refractivity contribution in [2.45, 2.75) is 39.2 Å². The molecule has 1 aromatic rings. The largest absolute Gasteiger partial charge is 0.496 e. The minimum atomic E-state index is -0.337. The Kier molecular flexibility index (Phi) is 4.81. The number of methoxy groups -OCH3 is 1. The minimum absolute atomic E-state index is 0.337. The van der Waals surface area contributed by atoms with Crippen LogP contribution >= 0.6 is 15.9 Å². The molecule has 0 aliphatic rings. The number of benzene rings is 1. The van der Waals surface area contributed by atoms with Gasteiger partial charge >= 0.3 is 0 Å². The van der Waals surface area contributed by atoms with Crippen LogP contribution in [-0.4, -0.2) is 18.3 Å². The lowest BCUT2D eigenvalue weighted by Crippen LogP contribution is -2.09. The van der Waals surface area contributed by atoms with Crippen molar-refractivity contribution in [1.82, 2.24) is 0 Å². The highest BCUT2D eigenvalue weighted by atomic mass is 79.9. The van der Waals surface area contributed by atoms with Crippen molar-refractivity contribution in [3.63, 3.8) is 0 Å². The Morgan fingerprint density at radius 1 is 1.31 bits per heavy atom. The third kappa shape index (κ3) is 3.22. The van der Waals surface area contributed by atoms with Gasteiger partial charge in [0.2, 0.25) is 0 Å². The molecule has 0 amide bonds. The van der Waals surface area contributed by atoms with Crippen LogP contribution in [0.4, 0.5) is 0 Å². The molecule has 2 nitrogen and oxygen atoms in total. The Morgan fingerprint density at radius 3 is 2.38 bits per heavy atom. The second-order valence-corrected chi connectivity index (χ2v) is 5.30. The van der Waals surface area contributed by atoms with E-state index in [1.54, 1.807) is 14.0 Å². The molecule has 90 valence electrons. The van der Waals surface area contributed by atoms with Gasteiger partial charge in [0.1, 0.15) is 5.75 Å². The Labute approximate surface area is 106 Å². The molecule has 3 heteroatoms. The van der Waals surface area contributed by atoms with Crippen molar-refractivity contribution < 1.29 is 9.84 Å². The fraction of sp³-hybridized carbons (Fsp3) is 0.538. The first-order valence-corrected chi connectivity index (χ1v) is 6.29. The zero-order valence-corrected chi connectivity index (χ0v) is 11.8. The van der Waals surface area contributed by atoms with E-state index in [1.165, 1.54) is 5.56 Å². The molecule has 0 saturated carbocycles. The van der Waals surface area contributed by atoms with Crippen molar-refractivity contribution in [3.05, 3.63) is 27.7 Å². The van der Waals surface area contributed by atoms with Gasteiger partial charge in [-0.05, 0) is 37.0 Å². The Bertz CT molecular complexity index is 359. The molecule has 0 radical (unpaired) electrons. The molecule has 1 unspecified atom stereocenters. The van der Waals surface area contributed by atoms with Crippen LogP contribution in [0.25, 0.3) is 0 Å². The van der Waals surface area contributed by atoms with Gasteiger partial charge < -0.3 is 9.84 Å². The van der Waals surface area contributed by atoms with Crippen LogP contribution in [0.5, 0.6) is 5.75 Å². The highest BCUT2D eigenvalue weighted by Gasteiger charge is 2.15. The normalized spacial score (nSPS) is 12.9. The topological polar surface area (TPSA) is 29.5 Å². The van der Waals surface area contributed by atoms with Crippen molar-refractivity contribution in [2.24, 2.45) is 0 Å². The van der Waals surface area contributed by atoms with Gasteiger partial charge in [0.15, 0.2) is 0 Å². The predicted molar refractivity (Wildman–Crippen MR) is 70.2 cm³/mol. The number of ether oxygens (including phenoxy) is 1. The maximum absolute atomic E-state index is 9.51. The van der Waals surface area contributed by atoms with Gasteiger partial charge in [-0.1, -0.05) is 29.8 Å². The zero-order chi connectivity index (χ0) is 12.3. The molecule has 0 aromatic heterocycles. The standard InChI is InChI=1S/C13H19BrO2/c1-8(2)13-10(5-9(3)15)6-11(14)7-12(13)16-4/h6-9,15H,5H2,1-4H3. The smallest absolute Gasteiger partial charge is 0.123 e. The first-order chi connectivity index (χ1) is 7.45. The van der Waals surface area contributed by atoms with Crippen LogP contribution in [0, 0.1) is 0 Å². The Morgan fingerprint density at radius 2 is 1.94 bits per heavy atom. The van der Waals surface area contributed by atoms with Crippen molar-refractivity contribution in [3.8, 4) is 5.75 Å². The molecule has 0 bridgehead atoms. The summed E-state index contributed by atoms with van der Waals surface area (Å²) in [7, 11) is 1.68. The fourth-order valence-corrected chi connectivity index (χ4v) is 2.44. The van der Waals surface area contributed by atoms with E-state index in [0.717, 1.165) is 15.8 Å². The molecule has 1 N–H and O–H groups in total. The maximum Gasteiger partial charge on any atom is 0.123 e. The van der Waals surface area contributed by atoms with Crippen LogP contribution < -0.4 is 4.74 Å². The van der Waals surface area contributed by atoms with E-state index in [1.807, 2.05) is 6.07 Å². The van der Waals surface area contributed by atoms with E-state index in [0.29, 0.717) is 12.3 Å². The maximum atomic E-state index is 9.51. The quantitative estimate of drug-likeness (QED) is 0.918. The summed E-state index contributed by atoms with van der Waals surface area (Å²) in [5.74, 6) is 1.27. The number of rotatable bonds is 4. The van der Waals surface area contributed by atoms with Gasteiger partial charge in [0, 0.05) is 10.0 Å². The minimum Gasteiger partial charge on any atom is -0.496 e. The molecule has 0 aliphatic carbocycles. The predicted octanol–water partition coefficient (Wildman–Crippen LogP) is 3.50. The van der Waals surface area contributed by atoms with E-state index in [-0.39, 0.29) is 6.10 Å². The van der Waals surface area contributed by atoms with E-state index in [9.17, 15) is 5.11 Å². The zero-order valence-electron chi connectivity index (χ0n) is 10.2. The number of aliphatic hydroxyl groups excluding tert-OH is 1. The van der Waals surface area contributed by atoms with Crippen molar-refractivity contribution in [1.29, 1.82) is 0 Å². The summed E-state index contributed by atoms with van der Waals surface area (Å²) in [5, 5.41) is 9.51. The second-order valence-electron chi connectivity index (χ2n) is 4.39. The van der Waals surface area contributed by atoms with Gasteiger partial charge in [-0.3, -0.25) is 0 Å². The summed E-state index contributed by atoms with van der Waals surface area (Å²) < 4.78 is 6.39. The average Bonchev–Trinajstić information content (AvgIpc) is 2.14. The van der Waals surface area contributed by atoms with Crippen LogP contribution in [0.15, 0.2) is 16.6 Å². The summed E-state index contributed by atoms with van der Waals surface area (Å²) in [6, 6.07) is 4.03. The average molecular weight is 287 g/mol. The third-order valence-corrected chi connectivity index (χ3v) is 2.96. The monoisotopic (exact) mass is 286 g/mol. The number of halogens is 1. The SMILES string of the molecule is COc1cc(Br)cc(CC(C)O)c1C(C)C. The molecule has 0 spiro atoms. The molecule has 0 heterocycles. The number of hydrogen-bond donors (Lipinski definition) is 1. The lowest BCUT2D eigenvalue weighted by atomic mass is 9.93. The van der Waals surface area contributed by atoms with Crippen LogP contribution in [-0.2, 0) is 6.42 Å². The van der Waals surface area contributed by atoms with Crippen LogP contribution in [0.3, 0.4) is 0 Å². The molecule has 0 fully saturated rings. The van der Waals surface area contributed by atoms with Crippen molar-refractivity contribution in [2.75, 3.05) is 7.11 Å². The summed E-state index contributed by atoms with van der Waals surface area (Å²) in [6.45, 7) is 6.08. The van der Waals surface area contributed by atoms with Crippen LogP contribution in [0.1, 0.15) is 37.8 Å². The molecule has 1 rings (SSSR count). The highest BCUT2D eigenvalue weighted by molar-refractivity contribution is 9.10. The fourth-order valence-electron chi connectivity index (χ4n) is 1.96. The van der Waals surface area contributed by atoms with E-state index in [2.05, 4.69) is 35.8 Å². The molecule has 1 atom stereocenters.